The highest BCUT2D eigenvalue weighted by molar-refractivity contribution is 7.22. The highest BCUT2D eigenvalue weighted by atomic mass is 32.1. The van der Waals surface area contributed by atoms with E-state index in [0.29, 0.717) is 32.6 Å². The minimum Gasteiger partial charge on any atom is -0.395 e. The predicted molar refractivity (Wildman–Crippen MR) is 129 cm³/mol. The average molecular weight is 462 g/mol. The zero-order chi connectivity index (χ0) is 23.6. The van der Waals surface area contributed by atoms with Crippen molar-refractivity contribution in [3.05, 3.63) is 65.9 Å². The molecule has 0 spiro atoms. The van der Waals surface area contributed by atoms with Crippen molar-refractivity contribution in [3.63, 3.8) is 0 Å². The molecule has 2 amide bonds. The fourth-order valence-electron chi connectivity index (χ4n) is 3.16. The van der Waals surface area contributed by atoms with Crippen LogP contribution in [0, 0.1) is 0 Å². The Kier molecular flexibility index (Phi) is 6.17. The molecule has 0 saturated carbocycles. The molecule has 3 aromatic heterocycles. The lowest BCUT2D eigenvalue weighted by atomic mass is 9.85. The molecule has 1 aromatic carbocycles. The molecule has 0 aliphatic carbocycles. The van der Waals surface area contributed by atoms with E-state index in [1.54, 1.807) is 24.4 Å². The van der Waals surface area contributed by atoms with Gasteiger partial charge < -0.3 is 10.4 Å². The second-order valence-corrected chi connectivity index (χ2v) is 9.20. The molecule has 4 aromatic rings. The fraction of sp³-hybridized carbons (Fsp3) is 0.208. The van der Waals surface area contributed by atoms with Crippen LogP contribution in [0.25, 0.3) is 21.6 Å². The molecule has 0 unspecified atom stereocenters. The van der Waals surface area contributed by atoms with Crippen LogP contribution in [0.15, 0.2) is 54.7 Å². The molecule has 0 fully saturated rings. The minimum absolute atomic E-state index is 0.0226. The molecule has 0 bridgehead atoms. The van der Waals surface area contributed by atoms with Crippen LogP contribution in [-0.4, -0.2) is 38.5 Å². The number of amides is 2. The topological polar surface area (TPSA) is 117 Å². The number of carbonyl (C=O) groups excluding carboxylic acids is 2. The molecule has 0 saturated heterocycles. The Morgan fingerprint density at radius 3 is 2.39 bits per heavy atom. The maximum atomic E-state index is 12.7. The van der Waals surface area contributed by atoms with E-state index in [-0.39, 0.29) is 23.8 Å². The highest BCUT2D eigenvalue weighted by Gasteiger charge is 2.20. The van der Waals surface area contributed by atoms with Crippen LogP contribution >= 0.6 is 11.3 Å². The number of hydrogen-bond donors (Lipinski definition) is 3. The number of nitrogens with zero attached hydrogens (tertiary/aromatic N) is 3. The molecule has 0 atom stereocenters. The third-order valence-corrected chi connectivity index (χ3v) is 6.04. The van der Waals surface area contributed by atoms with Crippen LogP contribution in [0.5, 0.6) is 0 Å². The van der Waals surface area contributed by atoms with Gasteiger partial charge in [-0.05, 0) is 42.0 Å². The van der Waals surface area contributed by atoms with Gasteiger partial charge in [-0.25, -0.2) is 15.0 Å². The summed E-state index contributed by atoms with van der Waals surface area (Å²) >= 11 is 1.29. The van der Waals surface area contributed by atoms with Gasteiger partial charge in [-0.15, -0.1) is 0 Å². The van der Waals surface area contributed by atoms with Crippen LogP contribution < -0.4 is 10.6 Å². The fourth-order valence-corrected chi connectivity index (χ4v) is 4.00. The molecular weight excluding hydrogens is 438 g/mol. The smallest absolute Gasteiger partial charge is 0.257 e. The molecule has 3 N–H and O–H groups in total. The third-order valence-electron chi connectivity index (χ3n) is 5.16. The molecule has 4 rings (SSSR count). The molecular formula is C24H23N5O3S. The van der Waals surface area contributed by atoms with Gasteiger partial charge in [0.25, 0.3) is 5.91 Å². The molecule has 9 heteroatoms. The van der Waals surface area contributed by atoms with Crippen LogP contribution in [0.3, 0.4) is 0 Å². The Hall–Kier alpha value is -3.69. The average Bonchev–Trinajstić information content (AvgIpc) is 3.20. The maximum Gasteiger partial charge on any atom is 0.257 e. The quantitative estimate of drug-likeness (QED) is 0.396. The van der Waals surface area contributed by atoms with Crippen molar-refractivity contribution in [1.82, 2.24) is 15.0 Å². The van der Waals surface area contributed by atoms with E-state index in [9.17, 15) is 14.7 Å². The van der Waals surface area contributed by atoms with E-state index in [1.807, 2.05) is 44.2 Å². The Labute approximate surface area is 194 Å². The normalized spacial score (nSPS) is 11.4. The van der Waals surface area contributed by atoms with Gasteiger partial charge in [0.2, 0.25) is 5.91 Å². The number of aromatic nitrogens is 3. The lowest BCUT2D eigenvalue weighted by molar-refractivity contribution is -0.114. The van der Waals surface area contributed by atoms with Gasteiger partial charge in [0.15, 0.2) is 5.13 Å². The third kappa shape index (κ3) is 5.05. The summed E-state index contributed by atoms with van der Waals surface area (Å²) in [4.78, 5) is 37.8. The Bertz CT molecular complexity index is 1310. The van der Waals surface area contributed by atoms with E-state index in [0.717, 1.165) is 11.1 Å². The van der Waals surface area contributed by atoms with Gasteiger partial charge in [-0.2, -0.15) is 0 Å². The number of fused-ring (bicyclic) bond motifs is 1. The van der Waals surface area contributed by atoms with Gasteiger partial charge in [0.05, 0.1) is 12.3 Å². The molecule has 3 heterocycles. The Morgan fingerprint density at radius 1 is 1.00 bits per heavy atom. The van der Waals surface area contributed by atoms with Crippen molar-refractivity contribution in [2.24, 2.45) is 0 Å². The number of thiazole rings is 1. The number of hydrogen-bond acceptors (Lipinski definition) is 7. The molecule has 0 radical (unpaired) electrons. The summed E-state index contributed by atoms with van der Waals surface area (Å²) in [6.45, 7) is 5.34. The molecule has 0 aliphatic heterocycles. The zero-order valence-electron chi connectivity index (χ0n) is 18.4. The first-order valence-electron chi connectivity index (χ1n) is 10.3. The van der Waals surface area contributed by atoms with Gasteiger partial charge >= 0.3 is 0 Å². The van der Waals surface area contributed by atoms with Crippen molar-refractivity contribution >= 4 is 44.4 Å². The standard InChI is InChI=1S/C24H23N5O3S/c1-14(31)26-20-11-6-16(12-25-20)18-9-10-19-22(27-18)33-23(28-19)29-21(32)15-4-7-17(8-5-15)24(2,3)13-30/h4-12,30H,13H2,1-3H3,(H,25,26,31)(H,28,29,32). The summed E-state index contributed by atoms with van der Waals surface area (Å²) in [5, 5.41) is 15.4. The molecule has 0 aliphatic rings. The highest BCUT2D eigenvalue weighted by Crippen LogP contribution is 2.28. The summed E-state index contributed by atoms with van der Waals surface area (Å²) in [5.41, 5.74) is 3.29. The number of rotatable bonds is 6. The SMILES string of the molecule is CC(=O)Nc1ccc(-c2ccc3nc(NC(=O)c4ccc(C(C)(C)CO)cc4)sc3n2)cn1. The number of nitrogens with one attached hydrogen (secondary N) is 2. The van der Waals surface area contributed by atoms with Gasteiger partial charge in [-0.3, -0.25) is 14.9 Å². The number of aliphatic hydroxyl groups is 1. The number of pyridine rings is 2. The van der Waals surface area contributed by atoms with Crippen molar-refractivity contribution in [2.75, 3.05) is 17.2 Å². The van der Waals surface area contributed by atoms with Crippen LogP contribution in [-0.2, 0) is 10.2 Å². The maximum absolute atomic E-state index is 12.7. The van der Waals surface area contributed by atoms with E-state index in [4.69, 9.17) is 0 Å². The molecule has 168 valence electrons. The molecule has 8 nitrogen and oxygen atoms in total. The summed E-state index contributed by atoms with van der Waals surface area (Å²) in [5.74, 6) is 0.0300. The second-order valence-electron chi connectivity index (χ2n) is 8.23. The van der Waals surface area contributed by atoms with Gasteiger partial charge in [-0.1, -0.05) is 37.3 Å². The molecule has 33 heavy (non-hydrogen) atoms. The summed E-state index contributed by atoms with van der Waals surface area (Å²) in [6, 6.07) is 14.4. The first kappa shape index (κ1) is 22.5. The Morgan fingerprint density at radius 2 is 1.76 bits per heavy atom. The summed E-state index contributed by atoms with van der Waals surface area (Å²) in [6.07, 6.45) is 1.64. The minimum atomic E-state index is -0.370. The van der Waals surface area contributed by atoms with Crippen LogP contribution in [0.1, 0.15) is 36.7 Å². The first-order chi connectivity index (χ1) is 15.7. The number of carbonyl (C=O) groups is 2. The van der Waals surface area contributed by atoms with E-state index in [1.165, 1.54) is 18.3 Å². The van der Waals surface area contributed by atoms with Crippen molar-refractivity contribution in [1.29, 1.82) is 0 Å². The van der Waals surface area contributed by atoms with Crippen molar-refractivity contribution < 1.29 is 14.7 Å². The number of benzene rings is 1. The van der Waals surface area contributed by atoms with Crippen molar-refractivity contribution in [3.8, 4) is 11.3 Å². The van der Waals surface area contributed by atoms with Gasteiger partial charge in [0.1, 0.15) is 16.2 Å². The van der Waals surface area contributed by atoms with Gasteiger partial charge in [0, 0.05) is 29.7 Å². The predicted octanol–water partition coefficient (Wildman–Crippen LogP) is 4.23. The van der Waals surface area contributed by atoms with E-state index >= 15 is 0 Å². The Balaban J connectivity index is 1.50. The zero-order valence-corrected chi connectivity index (χ0v) is 19.2. The van der Waals surface area contributed by atoms with Crippen LogP contribution in [0.2, 0.25) is 0 Å². The van der Waals surface area contributed by atoms with E-state index in [2.05, 4.69) is 25.6 Å². The largest absolute Gasteiger partial charge is 0.395 e. The summed E-state index contributed by atoms with van der Waals surface area (Å²) in [7, 11) is 0. The second kappa shape index (κ2) is 9.05. The summed E-state index contributed by atoms with van der Waals surface area (Å²) < 4.78 is 0. The van der Waals surface area contributed by atoms with Crippen molar-refractivity contribution in [2.45, 2.75) is 26.2 Å². The lowest BCUT2D eigenvalue weighted by Crippen LogP contribution is -2.22. The first-order valence-corrected chi connectivity index (χ1v) is 11.1. The number of aliphatic hydroxyl groups excluding tert-OH is 1. The monoisotopic (exact) mass is 461 g/mol. The van der Waals surface area contributed by atoms with E-state index < -0.39 is 0 Å². The van der Waals surface area contributed by atoms with Crippen LogP contribution in [0.4, 0.5) is 10.9 Å². The number of anilines is 2. The lowest BCUT2D eigenvalue weighted by Gasteiger charge is -2.22.